The second kappa shape index (κ2) is 11.7. The maximum absolute atomic E-state index is 13.2. The average Bonchev–Trinajstić information content (AvgIpc) is 3.26. The Labute approximate surface area is 212 Å². The number of hydrogen-bond donors (Lipinski definition) is 3. The van der Waals surface area contributed by atoms with Crippen LogP contribution in [0.5, 0.6) is 0 Å². The van der Waals surface area contributed by atoms with Crippen LogP contribution in [0.2, 0.25) is 0 Å². The van der Waals surface area contributed by atoms with Crippen molar-refractivity contribution in [2.75, 3.05) is 0 Å². The molecule has 0 spiro atoms. The van der Waals surface area contributed by atoms with Crippen LogP contribution in [0.4, 0.5) is 0 Å². The zero-order valence-corrected chi connectivity index (χ0v) is 21.9. The SMILES string of the molecule is C/C1=C/C[C@@H](c2ccc3oc(CO)nc3c2)OC(=O)C[C@H](O)C(C)(C)C(=O)[C@@H](C)[C@@H](O)[C@@H](C)CCC1. The number of carbonyl (C=O) groups excluding carboxylic acids is 2. The molecule has 1 aromatic heterocycles. The molecule has 5 atom stereocenters. The van der Waals surface area contributed by atoms with Gasteiger partial charge < -0.3 is 24.5 Å². The van der Waals surface area contributed by atoms with Crippen molar-refractivity contribution in [2.24, 2.45) is 17.3 Å². The summed E-state index contributed by atoms with van der Waals surface area (Å²) in [6.45, 7) is 8.54. The zero-order valence-electron chi connectivity index (χ0n) is 21.9. The summed E-state index contributed by atoms with van der Waals surface area (Å²) in [5.74, 6) is -1.44. The van der Waals surface area contributed by atoms with Gasteiger partial charge >= 0.3 is 5.97 Å². The standard InChI is InChI=1S/C28H39NO7/c1-16-7-6-8-17(2)26(33)18(3)27(34)28(4,5)23(31)14-25(32)36-21(11-9-16)19-10-12-22-20(13-19)29-24(15-30)35-22/h9-10,12-13,17-18,21,23,26,30-31,33H,6-8,11,14-15H2,1-5H3/b16-9-/t17-,18-,21-,23-,26-/m0/s1. The van der Waals surface area contributed by atoms with Crippen molar-refractivity contribution in [3.63, 3.8) is 0 Å². The molecule has 0 unspecified atom stereocenters. The van der Waals surface area contributed by atoms with Crippen molar-refractivity contribution in [3.05, 3.63) is 41.3 Å². The monoisotopic (exact) mass is 501 g/mol. The summed E-state index contributed by atoms with van der Waals surface area (Å²) in [7, 11) is 0. The van der Waals surface area contributed by atoms with Crippen LogP contribution < -0.4 is 0 Å². The van der Waals surface area contributed by atoms with Gasteiger partial charge in [-0.15, -0.1) is 0 Å². The summed E-state index contributed by atoms with van der Waals surface area (Å²) in [6, 6.07) is 5.29. The first-order valence-corrected chi connectivity index (χ1v) is 12.7. The predicted octanol–water partition coefficient (Wildman–Crippen LogP) is 4.40. The van der Waals surface area contributed by atoms with E-state index in [0.717, 1.165) is 24.8 Å². The maximum atomic E-state index is 13.2. The summed E-state index contributed by atoms with van der Waals surface area (Å²) in [5, 5.41) is 31.0. The second-order valence-electron chi connectivity index (χ2n) is 10.7. The highest BCUT2D eigenvalue weighted by atomic mass is 16.5. The van der Waals surface area contributed by atoms with E-state index in [2.05, 4.69) is 4.98 Å². The first-order chi connectivity index (χ1) is 16.9. The minimum absolute atomic E-state index is 0.0756. The number of benzene rings is 1. The van der Waals surface area contributed by atoms with E-state index in [1.807, 2.05) is 19.9 Å². The first-order valence-electron chi connectivity index (χ1n) is 12.7. The highest BCUT2D eigenvalue weighted by Gasteiger charge is 2.42. The molecule has 36 heavy (non-hydrogen) atoms. The summed E-state index contributed by atoms with van der Waals surface area (Å²) in [6.07, 6.45) is 1.86. The number of aliphatic hydroxyl groups excluding tert-OH is 3. The molecule has 8 nitrogen and oxygen atoms in total. The normalized spacial score (nSPS) is 30.6. The molecule has 0 saturated carbocycles. The topological polar surface area (TPSA) is 130 Å². The molecule has 0 aliphatic carbocycles. The molecular formula is C28H39NO7. The molecule has 1 aliphatic rings. The van der Waals surface area contributed by atoms with E-state index >= 15 is 0 Å². The lowest BCUT2D eigenvalue weighted by atomic mass is 9.73. The van der Waals surface area contributed by atoms with Gasteiger partial charge in [0.2, 0.25) is 5.89 Å². The third kappa shape index (κ3) is 6.41. The Morgan fingerprint density at radius 3 is 2.58 bits per heavy atom. The summed E-state index contributed by atoms with van der Waals surface area (Å²) >= 11 is 0. The number of cyclic esters (lactones) is 1. The lowest BCUT2D eigenvalue weighted by Crippen LogP contribution is -2.45. The molecule has 0 saturated heterocycles. The van der Waals surface area contributed by atoms with Gasteiger partial charge in [0, 0.05) is 12.3 Å². The van der Waals surface area contributed by atoms with Crippen LogP contribution in [0.15, 0.2) is 34.3 Å². The lowest BCUT2D eigenvalue weighted by molar-refractivity contribution is -0.155. The Hall–Kier alpha value is -2.55. The van der Waals surface area contributed by atoms with E-state index in [1.165, 1.54) is 0 Å². The van der Waals surface area contributed by atoms with E-state index in [-0.39, 0.29) is 30.6 Å². The van der Waals surface area contributed by atoms with Gasteiger partial charge in [0.1, 0.15) is 24.0 Å². The molecule has 1 aliphatic heterocycles. The van der Waals surface area contributed by atoms with Gasteiger partial charge in [-0.3, -0.25) is 9.59 Å². The Balaban J connectivity index is 1.91. The predicted molar refractivity (Wildman–Crippen MR) is 135 cm³/mol. The van der Waals surface area contributed by atoms with Crippen LogP contribution in [0, 0.1) is 17.3 Å². The molecular weight excluding hydrogens is 462 g/mol. The van der Waals surface area contributed by atoms with E-state index in [9.17, 15) is 24.9 Å². The Bertz CT molecular complexity index is 1100. The van der Waals surface area contributed by atoms with Crippen molar-refractivity contribution in [1.29, 1.82) is 0 Å². The van der Waals surface area contributed by atoms with Crippen LogP contribution in [0.1, 0.15) is 84.3 Å². The van der Waals surface area contributed by atoms with Crippen LogP contribution in [-0.2, 0) is 20.9 Å². The number of Topliss-reactive ketones (excluding diaryl/α,β-unsaturated/α-hetero) is 1. The number of allylic oxidation sites excluding steroid dienone is 1. The van der Waals surface area contributed by atoms with E-state index in [0.29, 0.717) is 23.1 Å². The molecule has 0 bridgehead atoms. The molecule has 2 heterocycles. The quantitative estimate of drug-likeness (QED) is 0.408. The lowest BCUT2D eigenvalue weighted by Gasteiger charge is -2.34. The molecule has 3 rings (SSSR count). The third-order valence-electron chi connectivity index (χ3n) is 7.48. The van der Waals surface area contributed by atoms with Crippen molar-refractivity contribution < 1.29 is 34.1 Å². The largest absolute Gasteiger partial charge is 0.457 e. The molecule has 0 amide bonds. The number of esters is 1. The van der Waals surface area contributed by atoms with Crippen molar-refractivity contribution >= 4 is 22.9 Å². The molecule has 0 radical (unpaired) electrons. The number of fused-ring (bicyclic) bond motifs is 1. The van der Waals surface area contributed by atoms with E-state index < -0.39 is 35.6 Å². The fourth-order valence-electron chi connectivity index (χ4n) is 4.81. The molecule has 2 aromatic rings. The third-order valence-corrected chi connectivity index (χ3v) is 7.48. The minimum atomic E-state index is -1.27. The van der Waals surface area contributed by atoms with Crippen LogP contribution in [-0.4, -0.2) is 44.3 Å². The number of oxazole rings is 1. The molecule has 0 fully saturated rings. The number of carbonyl (C=O) groups is 2. The highest BCUT2D eigenvalue weighted by Crippen LogP contribution is 2.33. The Morgan fingerprint density at radius 2 is 1.89 bits per heavy atom. The number of rotatable bonds is 2. The number of hydrogen-bond acceptors (Lipinski definition) is 8. The Kier molecular flexibility index (Phi) is 9.08. The summed E-state index contributed by atoms with van der Waals surface area (Å²) in [4.78, 5) is 30.4. The average molecular weight is 502 g/mol. The number of nitrogens with zero attached hydrogens (tertiary/aromatic N) is 1. The smallest absolute Gasteiger partial charge is 0.309 e. The van der Waals surface area contributed by atoms with Crippen molar-refractivity contribution in [3.8, 4) is 0 Å². The Morgan fingerprint density at radius 1 is 1.17 bits per heavy atom. The van der Waals surface area contributed by atoms with E-state index in [4.69, 9.17) is 9.15 Å². The number of ketones is 1. The summed E-state index contributed by atoms with van der Waals surface area (Å²) in [5.41, 5.74) is 1.70. The fraction of sp³-hybridized carbons (Fsp3) is 0.607. The van der Waals surface area contributed by atoms with Gasteiger partial charge in [0.05, 0.1) is 24.0 Å². The van der Waals surface area contributed by atoms with Gasteiger partial charge in [0.25, 0.3) is 0 Å². The van der Waals surface area contributed by atoms with Crippen LogP contribution >= 0.6 is 0 Å². The number of aliphatic hydroxyl groups is 3. The summed E-state index contributed by atoms with van der Waals surface area (Å²) < 4.78 is 11.3. The highest BCUT2D eigenvalue weighted by molar-refractivity contribution is 5.88. The van der Waals surface area contributed by atoms with Crippen molar-refractivity contribution in [2.45, 2.75) is 91.6 Å². The first kappa shape index (κ1) is 28.0. The van der Waals surface area contributed by atoms with Crippen LogP contribution in [0.3, 0.4) is 0 Å². The number of ether oxygens (including phenoxy) is 1. The molecule has 1 aromatic carbocycles. The van der Waals surface area contributed by atoms with Gasteiger partial charge in [-0.05, 0) is 49.8 Å². The fourth-order valence-corrected chi connectivity index (χ4v) is 4.81. The molecule has 8 heteroatoms. The van der Waals surface area contributed by atoms with E-state index in [1.54, 1.807) is 39.0 Å². The molecule has 198 valence electrons. The van der Waals surface area contributed by atoms with Gasteiger partial charge in [-0.25, -0.2) is 4.98 Å². The van der Waals surface area contributed by atoms with Gasteiger partial charge in [-0.1, -0.05) is 45.4 Å². The second-order valence-corrected chi connectivity index (χ2v) is 10.7. The zero-order chi connectivity index (χ0) is 26.6. The van der Waals surface area contributed by atoms with Gasteiger partial charge in [-0.2, -0.15) is 0 Å². The van der Waals surface area contributed by atoms with Gasteiger partial charge in [0.15, 0.2) is 5.58 Å². The van der Waals surface area contributed by atoms with Crippen molar-refractivity contribution in [1.82, 2.24) is 4.98 Å². The minimum Gasteiger partial charge on any atom is -0.457 e. The number of aromatic nitrogens is 1. The molecule has 3 N–H and O–H groups in total. The van der Waals surface area contributed by atoms with Crippen LogP contribution in [0.25, 0.3) is 11.1 Å². The maximum Gasteiger partial charge on any atom is 0.309 e.